The number of alkyl carbamates (subject to hydrolysis) is 1. The first-order valence-electron chi connectivity index (χ1n) is 18.1. The minimum Gasteiger partial charge on any atom is -0.444 e. The molecule has 0 spiro atoms. The van der Waals surface area contributed by atoms with E-state index in [0.29, 0.717) is 44.6 Å². The summed E-state index contributed by atoms with van der Waals surface area (Å²) < 4.78 is 55.5. The number of aryl methyl sites for hydroxylation is 2. The van der Waals surface area contributed by atoms with Crippen LogP contribution in [0.25, 0.3) is 10.9 Å². The second-order valence-corrected chi connectivity index (χ2v) is 16.0. The Kier molecular flexibility index (Phi) is 11.6. The molecule has 9 nitrogen and oxygen atoms in total. The maximum atomic E-state index is 15.3. The maximum absolute atomic E-state index is 15.3. The molecular weight excluding hydrogens is 655 g/mol. The van der Waals surface area contributed by atoms with Crippen molar-refractivity contribution in [2.45, 2.75) is 123 Å². The van der Waals surface area contributed by atoms with Crippen molar-refractivity contribution >= 4 is 35.5 Å². The second-order valence-electron chi connectivity index (χ2n) is 16.0. The molecule has 12 heteroatoms. The number of methoxy groups -OCH3 is 1. The van der Waals surface area contributed by atoms with Gasteiger partial charge in [-0.1, -0.05) is 24.3 Å². The molecule has 2 amide bonds. The Hall–Kier alpha value is -3.48. The van der Waals surface area contributed by atoms with Gasteiger partial charge in [0.25, 0.3) is 0 Å². The van der Waals surface area contributed by atoms with E-state index in [1.165, 1.54) is 12.1 Å². The molecule has 278 valence electrons. The van der Waals surface area contributed by atoms with E-state index in [9.17, 15) is 9.59 Å². The fourth-order valence-corrected chi connectivity index (χ4v) is 7.23. The van der Waals surface area contributed by atoms with Gasteiger partial charge in [0.05, 0.1) is 16.7 Å². The number of ether oxygens (including phenoxy) is 2. The van der Waals surface area contributed by atoms with Crippen LogP contribution in [-0.4, -0.2) is 78.2 Å². The number of hydrogen-bond donors (Lipinski definition) is 1. The third kappa shape index (κ3) is 8.77. The number of nitrogens with zero attached hydrogens (tertiary/aromatic N) is 2. The number of likely N-dealkylation sites (tertiary alicyclic amines) is 1. The summed E-state index contributed by atoms with van der Waals surface area (Å²) in [4.78, 5) is 28.8. The van der Waals surface area contributed by atoms with E-state index < -0.39 is 47.7 Å². The van der Waals surface area contributed by atoms with Crippen LogP contribution in [0, 0.1) is 18.6 Å². The van der Waals surface area contributed by atoms with Crippen molar-refractivity contribution in [2.75, 3.05) is 26.8 Å². The molecule has 2 fully saturated rings. The van der Waals surface area contributed by atoms with Crippen LogP contribution >= 0.6 is 0 Å². The average molecular weight is 710 g/mol. The first-order valence-corrected chi connectivity index (χ1v) is 18.1. The molecule has 1 aromatic heterocycles. The van der Waals surface area contributed by atoms with Crippen molar-refractivity contribution in [3.8, 4) is 0 Å². The first-order chi connectivity index (χ1) is 23.9. The number of nitrogens with one attached hydrogen (secondary N) is 1. The number of rotatable bonds is 11. The maximum Gasteiger partial charge on any atom is 0.494 e. The standard InChI is InChI=1S/C39H54BF2N3O6/c1-25-33-30(41)17-18-31(42)35(33)45(20-11-21-48-9)34(25)27-12-10-19-44(24-27)32(46)23-29(43-36(47)49-37(2,3)4)22-26-13-15-28(16-14-26)40-50-38(5,6)39(7,8)51-40/h13-18,27,29H,10-12,19-24H2,1-9H3,(H,43,47). The number of carbonyl (C=O) groups is 2. The third-order valence-electron chi connectivity index (χ3n) is 10.4. The smallest absolute Gasteiger partial charge is 0.444 e. The van der Waals surface area contributed by atoms with Crippen molar-refractivity contribution in [2.24, 2.45) is 0 Å². The zero-order valence-corrected chi connectivity index (χ0v) is 31.7. The van der Waals surface area contributed by atoms with E-state index in [4.69, 9.17) is 18.8 Å². The van der Waals surface area contributed by atoms with Crippen LogP contribution in [0.5, 0.6) is 0 Å². The summed E-state index contributed by atoms with van der Waals surface area (Å²) in [5.74, 6) is -1.15. The van der Waals surface area contributed by atoms with Gasteiger partial charge < -0.3 is 33.6 Å². The molecule has 2 saturated heterocycles. The lowest BCUT2D eigenvalue weighted by molar-refractivity contribution is -0.132. The Morgan fingerprint density at radius 3 is 2.31 bits per heavy atom. The summed E-state index contributed by atoms with van der Waals surface area (Å²) in [6.07, 6.45) is 2.02. The fourth-order valence-electron chi connectivity index (χ4n) is 7.23. The van der Waals surface area contributed by atoms with Gasteiger partial charge in [-0.2, -0.15) is 0 Å². The molecule has 0 radical (unpaired) electrons. The zero-order valence-electron chi connectivity index (χ0n) is 31.7. The van der Waals surface area contributed by atoms with Crippen LogP contribution in [-0.2, 0) is 36.5 Å². The Bertz CT molecular complexity index is 1700. The number of amides is 2. The summed E-state index contributed by atoms with van der Waals surface area (Å²) >= 11 is 0. The molecule has 3 aromatic rings. The van der Waals surface area contributed by atoms with Gasteiger partial charge in [-0.05, 0) is 110 Å². The molecule has 0 aliphatic carbocycles. The molecular formula is C39H54BF2N3O6. The molecule has 2 unspecified atom stereocenters. The summed E-state index contributed by atoms with van der Waals surface area (Å²) in [7, 11) is 1.12. The Morgan fingerprint density at radius 1 is 1.04 bits per heavy atom. The van der Waals surface area contributed by atoms with Crippen LogP contribution in [0.1, 0.15) is 96.9 Å². The molecule has 2 aliphatic heterocycles. The summed E-state index contributed by atoms with van der Waals surface area (Å²) in [6.45, 7) is 17.2. The molecule has 2 atom stereocenters. The summed E-state index contributed by atoms with van der Waals surface area (Å²) in [6, 6.07) is 9.66. The number of hydrogen-bond acceptors (Lipinski definition) is 6. The third-order valence-corrected chi connectivity index (χ3v) is 10.4. The lowest BCUT2D eigenvalue weighted by Gasteiger charge is -2.35. The highest BCUT2D eigenvalue weighted by Crippen LogP contribution is 2.39. The number of fused-ring (bicyclic) bond motifs is 1. The van der Waals surface area contributed by atoms with Crippen LogP contribution in [0.3, 0.4) is 0 Å². The van der Waals surface area contributed by atoms with Gasteiger partial charge in [0.1, 0.15) is 17.2 Å². The Labute approximate surface area is 301 Å². The Balaban J connectivity index is 1.35. The minimum absolute atomic E-state index is 0.0595. The highest BCUT2D eigenvalue weighted by Gasteiger charge is 2.51. The summed E-state index contributed by atoms with van der Waals surface area (Å²) in [5, 5.41) is 3.23. The largest absolute Gasteiger partial charge is 0.494 e. The second kappa shape index (κ2) is 15.2. The van der Waals surface area contributed by atoms with Gasteiger partial charge in [-0.15, -0.1) is 0 Å². The Morgan fingerprint density at radius 2 is 1.69 bits per heavy atom. The van der Waals surface area contributed by atoms with Gasteiger partial charge in [-0.3, -0.25) is 4.79 Å². The van der Waals surface area contributed by atoms with Gasteiger partial charge in [0.2, 0.25) is 5.91 Å². The first kappa shape index (κ1) is 38.7. The topological polar surface area (TPSA) is 91.3 Å². The van der Waals surface area contributed by atoms with Crippen molar-refractivity contribution in [3.63, 3.8) is 0 Å². The lowest BCUT2D eigenvalue weighted by Crippen LogP contribution is -2.46. The quantitative estimate of drug-likeness (QED) is 0.174. The molecule has 5 rings (SSSR count). The molecule has 2 aromatic carbocycles. The van der Waals surface area contributed by atoms with Crippen LogP contribution in [0.4, 0.5) is 13.6 Å². The number of aromatic nitrogens is 1. The van der Waals surface area contributed by atoms with Gasteiger partial charge in [0.15, 0.2) is 0 Å². The van der Waals surface area contributed by atoms with Crippen LogP contribution < -0.4 is 10.8 Å². The monoisotopic (exact) mass is 709 g/mol. The van der Waals surface area contributed by atoms with E-state index in [2.05, 4.69) is 5.32 Å². The van der Waals surface area contributed by atoms with Crippen LogP contribution in [0.2, 0.25) is 0 Å². The van der Waals surface area contributed by atoms with Crippen LogP contribution in [0.15, 0.2) is 36.4 Å². The van der Waals surface area contributed by atoms with E-state index in [-0.39, 0.29) is 29.1 Å². The van der Waals surface area contributed by atoms with E-state index in [1.807, 2.05) is 68.4 Å². The minimum atomic E-state index is -0.707. The molecule has 0 saturated carbocycles. The molecule has 2 aliphatic rings. The highest BCUT2D eigenvalue weighted by molar-refractivity contribution is 6.62. The number of halogens is 2. The average Bonchev–Trinajstić information content (AvgIpc) is 3.46. The normalized spacial score (nSPS) is 19.4. The molecule has 1 N–H and O–H groups in total. The molecule has 3 heterocycles. The molecule has 51 heavy (non-hydrogen) atoms. The van der Waals surface area contributed by atoms with Gasteiger partial charge >= 0.3 is 13.2 Å². The zero-order chi connectivity index (χ0) is 37.3. The van der Waals surface area contributed by atoms with Crippen molar-refractivity contribution in [1.29, 1.82) is 0 Å². The lowest BCUT2D eigenvalue weighted by atomic mass is 9.78. The van der Waals surface area contributed by atoms with Gasteiger partial charge in [0, 0.05) is 62.8 Å². The van der Waals surface area contributed by atoms with E-state index >= 15 is 8.78 Å². The number of piperidine rings is 1. The SMILES string of the molecule is COCCCn1c(C2CCCN(C(=O)CC(Cc3ccc(B4OC(C)(C)C(C)(C)O4)cc3)NC(=O)OC(C)(C)C)C2)c(C)c2c(F)ccc(F)c21. The van der Waals surface area contributed by atoms with Crippen molar-refractivity contribution in [3.05, 3.63) is 64.9 Å². The summed E-state index contributed by atoms with van der Waals surface area (Å²) in [5.41, 5.74) is 2.01. The number of benzene rings is 2. The van der Waals surface area contributed by atoms with Crippen molar-refractivity contribution in [1.82, 2.24) is 14.8 Å². The predicted octanol–water partition coefficient (Wildman–Crippen LogP) is 6.80. The van der Waals surface area contributed by atoms with Gasteiger partial charge in [-0.25, -0.2) is 13.6 Å². The van der Waals surface area contributed by atoms with E-state index in [0.717, 1.165) is 29.6 Å². The van der Waals surface area contributed by atoms with Crippen molar-refractivity contribution < 1.29 is 37.2 Å². The number of carbonyl (C=O) groups excluding carboxylic acids is 2. The predicted molar refractivity (Wildman–Crippen MR) is 195 cm³/mol. The molecule has 0 bridgehead atoms. The van der Waals surface area contributed by atoms with E-state index in [1.54, 1.807) is 27.9 Å². The fraction of sp³-hybridized carbons (Fsp3) is 0.590. The highest BCUT2D eigenvalue weighted by atomic mass is 19.1.